The van der Waals surface area contributed by atoms with Crippen LogP contribution in [0.1, 0.15) is 0 Å². The molecule has 2 aromatic heterocycles. The highest BCUT2D eigenvalue weighted by Gasteiger charge is 2.15. The van der Waals surface area contributed by atoms with E-state index >= 15 is 0 Å². The van der Waals surface area contributed by atoms with E-state index in [2.05, 4.69) is 10.2 Å². The van der Waals surface area contributed by atoms with Crippen LogP contribution in [0, 0.1) is 5.82 Å². The Morgan fingerprint density at radius 2 is 2.05 bits per heavy atom. The maximum atomic E-state index is 13.4. The number of rotatable bonds is 2. The molecule has 2 heterocycles. The second-order valence-corrected chi connectivity index (χ2v) is 4.73. The molecule has 0 fully saturated rings. The van der Waals surface area contributed by atoms with Crippen LogP contribution in [-0.2, 0) is 7.05 Å². The monoisotopic (exact) mass is 284 g/mol. The molecule has 0 spiro atoms. The van der Waals surface area contributed by atoms with Crippen molar-refractivity contribution in [3.8, 4) is 22.4 Å². The summed E-state index contributed by atoms with van der Waals surface area (Å²) in [6.07, 6.45) is 1.66. The number of nitrogens with two attached hydrogens (primary N) is 1. The van der Waals surface area contributed by atoms with Gasteiger partial charge in [-0.3, -0.25) is 9.89 Å². The molecule has 0 bridgehead atoms. The summed E-state index contributed by atoms with van der Waals surface area (Å²) >= 11 is 0. The number of hydrogen-bond acceptors (Lipinski definition) is 3. The van der Waals surface area contributed by atoms with E-state index in [1.54, 1.807) is 31.4 Å². The van der Waals surface area contributed by atoms with Crippen LogP contribution in [0.2, 0.25) is 0 Å². The Hall–Kier alpha value is -2.89. The topological polar surface area (TPSA) is 76.7 Å². The Balaban J connectivity index is 2.21. The zero-order valence-electron chi connectivity index (χ0n) is 11.3. The van der Waals surface area contributed by atoms with Crippen LogP contribution in [0.4, 0.5) is 10.2 Å². The molecule has 0 radical (unpaired) electrons. The maximum Gasteiger partial charge on any atom is 0.250 e. The lowest BCUT2D eigenvalue weighted by atomic mass is 10.0. The summed E-state index contributed by atoms with van der Waals surface area (Å²) < 4.78 is 14.9. The SMILES string of the molecule is Cn1ccc(-c2[nH]nc(N)c2-c2cccc(F)c2)cc1=O. The molecule has 3 rings (SSSR count). The van der Waals surface area contributed by atoms with E-state index in [1.165, 1.54) is 22.8 Å². The maximum absolute atomic E-state index is 13.4. The van der Waals surface area contributed by atoms with Crippen molar-refractivity contribution in [2.75, 3.05) is 5.73 Å². The van der Waals surface area contributed by atoms with Gasteiger partial charge in [0.25, 0.3) is 5.56 Å². The molecule has 0 atom stereocenters. The van der Waals surface area contributed by atoms with Crippen LogP contribution in [0.15, 0.2) is 47.4 Å². The lowest BCUT2D eigenvalue weighted by Crippen LogP contribution is -2.14. The number of H-pyrrole nitrogens is 1. The molecular weight excluding hydrogens is 271 g/mol. The first-order chi connectivity index (χ1) is 10.1. The summed E-state index contributed by atoms with van der Waals surface area (Å²) in [6, 6.07) is 9.34. The molecule has 6 heteroatoms. The van der Waals surface area contributed by atoms with Gasteiger partial charge in [0, 0.05) is 24.9 Å². The van der Waals surface area contributed by atoms with E-state index in [9.17, 15) is 9.18 Å². The average Bonchev–Trinajstić information content (AvgIpc) is 2.84. The van der Waals surface area contributed by atoms with Gasteiger partial charge >= 0.3 is 0 Å². The largest absolute Gasteiger partial charge is 0.382 e. The average molecular weight is 284 g/mol. The number of nitrogen functional groups attached to an aromatic ring is 1. The minimum atomic E-state index is -0.358. The molecule has 21 heavy (non-hydrogen) atoms. The first-order valence-corrected chi connectivity index (χ1v) is 6.33. The van der Waals surface area contributed by atoms with Gasteiger partial charge in [0.15, 0.2) is 5.82 Å². The van der Waals surface area contributed by atoms with Gasteiger partial charge in [-0.15, -0.1) is 0 Å². The lowest BCUT2D eigenvalue weighted by molar-refractivity contribution is 0.628. The Labute approximate surface area is 119 Å². The van der Waals surface area contributed by atoms with Crippen molar-refractivity contribution in [2.24, 2.45) is 7.05 Å². The van der Waals surface area contributed by atoms with Gasteiger partial charge in [-0.25, -0.2) is 4.39 Å². The molecule has 0 aliphatic heterocycles. The Bertz CT molecular complexity index is 866. The quantitative estimate of drug-likeness (QED) is 0.757. The summed E-state index contributed by atoms with van der Waals surface area (Å²) in [4.78, 5) is 11.8. The number of anilines is 1. The third-order valence-corrected chi connectivity index (χ3v) is 3.30. The Kier molecular flexibility index (Phi) is 3.06. The minimum Gasteiger partial charge on any atom is -0.382 e. The number of halogens is 1. The van der Waals surface area contributed by atoms with Gasteiger partial charge in [0.1, 0.15) is 5.82 Å². The molecule has 0 unspecified atom stereocenters. The van der Waals surface area contributed by atoms with Gasteiger partial charge in [-0.1, -0.05) is 12.1 Å². The van der Waals surface area contributed by atoms with E-state index in [1.807, 2.05) is 0 Å². The fourth-order valence-electron chi connectivity index (χ4n) is 2.21. The van der Waals surface area contributed by atoms with Crippen LogP contribution in [0.5, 0.6) is 0 Å². The van der Waals surface area contributed by atoms with Crippen LogP contribution >= 0.6 is 0 Å². The number of aryl methyl sites for hydroxylation is 1. The zero-order chi connectivity index (χ0) is 15.0. The molecule has 106 valence electrons. The Morgan fingerprint density at radius 1 is 1.24 bits per heavy atom. The molecule has 3 aromatic rings. The van der Waals surface area contributed by atoms with Gasteiger partial charge in [0.2, 0.25) is 0 Å². The molecular formula is C15H13FN4O. The highest BCUT2D eigenvalue weighted by Crippen LogP contribution is 2.34. The van der Waals surface area contributed by atoms with Crippen molar-refractivity contribution in [1.82, 2.24) is 14.8 Å². The summed E-state index contributed by atoms with van der Waals surface area (Å²) in [5.74, 6) is -0.0979. The van der Waals surface area contributed by atoms with Gasteiger partial charge < -0.3 is 10.3 Å². The predicted octanol–water partition coefficient (Wildman–Crippen LogP) is 2.16. The molecule has 5 nitrogen and oxygen atoms in total. The van der Waals surface area contributed by atoms with Crippen LogP contribution in [0.3, 0.4) is 0 Å². The summed E-state index contributed by atoms with van der Waals surface area (Å²) in [6.45, 7) is 0. The van der Waals surface area contributed by atoms with Crippen LogP contribution < -0.4 is 11.3 Å². The van der Waals surface area contributed by atoms with Crippen molar-refractivity contribution < 1.29 is 4.39 Å². The van der Waals surface area contributed by atoms with Crippen molar-refractivity contribution >= 4 is 5.82 Å². The highest BCUT2D eigenvalue weighted by atomic mass is 19.1. The summed E-state index contributed by atoms with van der Waals surface area (Å²) in [5, 5.41) is 6.78. The predicted molar refractivity (Wildman–Crippen MR) is 79.1 cm³/mol. The normalized spacial score (nSPS) is 10.8. The van der Waals surface area contributed by atoms with Gasteiger partial charge in [-0.05, 0) is 23.8 Å². The second-order valence-electron chi connectivity index (χ2n) is 4.73. The van der Waals surface area contributed by atoms with E-state index in [4.69, 9.17) is 5.73 Å². The molecule has 0 aliphatic carbocycles. The number of hydrogen-bond donors (Lipinski definition) is 2. The number of aromatic amines is 1. The minimum absolute atomic E-state index is 0.147. The van der Waals surface area contributed by atoms with Crippen molar-refractivity contribution in [3.63, 3.8) is 0 Å². The lowest BCUT2D eigenvalue weighted by Gasteiger charge is -2.05. The first kappa shape index (κ1) is 13.1. The number of nitrogens with one attached hydrogen (secondary N) is 1. The summed E-state index contributed by atoms with van der Waals surface area (Å²) in [7, 11) is 1.67. The van der Waals surface area contributed by atoms with E-state index in [0.717, 1.165) is 0 Å². The van der Waals surface area contributed by atoms with Crippen LogP contribution in [0.25, 0.3) is 22.4 Å². The third-order valence-electron chi connectivity index (χ3n) is 3.30. The highest BCUT2D eigenvalue weighted by molar-refractivity contribution is 5.87. The standard InChI is InChI=1S/C15H13FN4O/c1-20-6-5-10(8-12(20)21)14-13(15(17)19-18-14)9-3-2-4-11(16)7-9/h2-8H,1H3,(H3,17,18,19). The van der Waals surface area contributed by atoms with Gasteiger partial charge in [-0.2, -0.15) is 5.10 Å². The summed E-state index contributed by atoms with van der Waals surface area (Å²) in [5.41, 5.74) is 8.17. The Morgan fingerprint density at radius 3 is 2.76 bits per heavy atom. The number of pyridine rings is 1. The molecule has 3 N–H and O–H groups in total. The molecule has 0 saturated heterocycles. The number of aromatic nitrogens is 3. The van der Waals surface area contributed by atoms with E-state index in [-0.39, 0.29) is 17.2 Å². The van der Waals surface area contributed by atoms with Crippen molar-refractivity contribution in [2.45, 2.75) is 0 Å². The first-order valence-electron chi connectivity index (χ1n) is 6.33. The second kappa shape index (κ2) is 4.90. The smallest absolute Gasteiger partial charge is 0.250 e. The fourth-order valence-corrected chi connectivity index (χ4v) is 2.21. The van der Waals surface area contributed by atoms with Crippen LogP contribution in [-0.4, -0.2) is 14.8 Å². The van der Waals surface area contributed by atoms with Crippen molar-refractivity contribution in [3.05, 3.63) is 58.8 Å². The third kappa shape index (κ3) is 2.31. The van der Waals surface area contributed by atoms with Crippen molar-refractivity contribution in [1.29, 1.82) is 0 Å². The van der Waals surface area contributed by atoms with E-state index in [0.29, 0.717) is 22.4 Å². The molecule has 0 amide bonds. The van der Waals surface area contributed by atoms with Gasteiger partial charge in [0.05, 0.1) is 11.3 Å². The molecule has 1 aromatic carbocycles. The number of nitrogens with zero attached hydrogens (tertiary/aromatic N) is 2. The molecule has 0 aliphatic rings. The molecule has 0 saturated carbocycles. The van der Waals surface area contributed by atoms with E-state index < -0.39 is 0 Å². The number of benzene rings is 1. The zero-order valence-corrected chi connectivity index (χ0v) is 11.3. The fraction of sp³-hybridized carbons (Fsp3) is 0.0667.